The Hall–Kier alpha value is -0.900. The zero-order chi connectivity index (χ0) is 19.4. The lowest BCUT2D eigenvalue weighted by Gasteiger charge is -2.38. The van der Waals surface area contributed by atoms with Gasteiger partial charge < -0.3 is 25.0 Å². The molecule has 160 valence electrons. The van der Waals surface area contributed by atoms with E-state index in [2.05, 4.69) is 57.9 Å². The molecule has 2 rings (SSSR count). The van der Waals surface area contributed by atoms with Crippen LogP contribution < -0.4 is 10.6 Å². The van der Waals surface area contributed by atoms with Crippen LogP contribution in [0.15, 0.2) is 35.3 Å². The summed E-state index contributed by atoms with van der Waals surface area (Å²) >= 11 is 0. The minimum atomic E-state index is 0. The number of hydrogen-bond acceptors (Lipinski definition) is 4. The molecular formula is C21H37IN4O2. The van der Waals surface area contributed by atoms with Crippen LogP contribution >= 0.6 is 24.0 Å². The van der Waals surface area contributed by atoms with Gasteiger partial charge in [-0.25, -0.2) is 0 Å². The highest BCUT2D eigenvalue weighted by Gasteiger charge is 2.34. The molecule has 0 radical (unpaired) electrons. The van der Waals surface area contributed by atoms with Gasteiger partial charge in [0.25, 0.3) is 0 Å². The second-order valence-electron chi connectivity index (χ2n) is 7.26. The van der Waals surface area contributed by atoms with Crippen LogP contribution in [0.25, 0.3) is 0 Å². The maximum Gasteiger partial charge on any atom is 0.191 e. The van der Waals surface area contributed by atoms with E-state index in [1.54, 1.807) is 7.11 Å². The third-order valence-electron chi connectivity index (χ3n) is 5.33. The zero-order valence-electron chi connectivity index (χ0n) is 17.6. The van der Waals surface area contributed by atoms with E-state index >= 15 is 0 Å². The van der Waals surface area contributed by atoms with Gasteiger partial charge in [-0.15, -0.1) is 24.0 Å². The summed E-state index contributed by atoms with van der Waals surface area (Å²) in [4.78, 5) is 6.70. The van der Waals surface area contributed by atoms with Crippen molar-refractivity contribution in [3.63, 3.8) is 0 Å². The zero-order valence-corrected chi connectivity index (χ0v) is 19.9. The molecule has 1 aromatic rings. The highest BCUT2D eigenvalue weighted by Crippen LogP contribution is 2.34. The Morgan fingerprint density at radius 3 is 2.54 bits per heavy atom. The minimum Gasteiger partial charge on any atom is -0.385 e. The molecule has 1 aliphatic rings. The van der Waals surface area contributed by atoms with Crippen molar-refractivity contribution in [1.82, 2.24) is 15.5 Å². The van der Waals surface area contributed by atoms with Crippen molar-refractivity contribution >= 4 is 29.9 Å². The number of nitrogens with one attached hydrogen (secondary N) is 2. The molecule has 1 heterocycles. The first-order valence-electron chi connectivity index (χ1n) is 9.95. The van der Waals surface area contributed by atoms with Gasteiger partial charge in [0.15, 0.2) is 5.96 Å². The van der Waals surface area contributed by atoms with Crippen molar-refractivity contribution < 1.29 is 9.47 Å². The Morgan fingerprint density at radius 1 is 1.18 bits per heavy atom. The van der Waals surface area contributed by atoms with E-state index in [0.717, 1.165) is 71.2 Å². The maximum atomic E-state index is 5.62. The summed E-state index contributed by atoms with van der Waals surface area (Å²) in [5, 5.41) is 6.98. The highest BCUT2D eigenvalue weighted by atomic mass is 127. The molecule has 0 amide bonds. The molecule has 0 spiro atoms. The summed E-state index contributed by atoms with van der Waals surface area (Å²) < 4.78 is 10.7. The summed E-state index contributed by atoms with van der Waals surface area (Å²) in [6.45, 7) is 6.19. The number of ether oxygens (including phenoxy) is 2. The molecule has 1 aromatic carbocycles. The van der Waals surface area contributed by atoms with Crippen molar-refractivity contribution in [2.45, 2.75) is 24.7 Å². The quantitative estimate of drug-likeness (QED) is 0.222. The van der Waals surface area contributed by atoms with Gasteiger partial charge in [0, 0.05) is 65.6 Å². The summed E-state index contributed by atoms with van der Waals surface area (Å²) in [5.74, 6) is 0.863. The molecule has 28 heavy (non-hydrogen) atoms. The average molecular weight is 504 g/mol. The lowest BCUT2D eigenvalue weighted by molar-refractivity contribution is 0.0514. The first-order valence-corrected chi connectivity index (χ1v) is 9.95. The Bertz CT molecular complexity index is 551. The predicted molar refractivity (Wildman–Crippen MR) is 127 cm³/mol. The van der Waals surface area contributed by atoms with Gasteiger partial charge in [-0.2, -0.15) is 0 Å². The number of benzene rings is 1. The van der Waals surface area contributed by atoms with Crippen molar-refractivity contribution in [1.29, 1.82) is 0 Å². The molecule has 1 saturated heterocycles. The van der Waals surface area contributed by atoms with E-state index in [-0.39, 0.29) is 29.4 Å². The first-order chi connectivity index (χ1) is 13.2. The minimum absolute atomic E-state index is 0. The first kappa shape index (κ1) is 25.1. The van der Waals surface area contributed by atoms with Crippen LogP contribution in [-0.2, 0) is 14.9 Å². The largest absolute Gasteiger partial charge is 0.385 e. The Balaban J connectivity index is 0.00000392. The van der Waals surface area contributed by atoms with Crippen LogP contribution in [0.3, 0.4) is 0 Å². The summed E-state index contributed by atoms with van der Waals surface area (Å²) in [7, 11) is 5.72. The molecular weight excluding hydrogens is 467 g/mol. The fraction of sp³-hybridized carbons (Fsp3) is 0.667. The van der Waals surface area contributed by atoms with Crippen LogP contribution in [0.4, 0.5) is 0 Å². The van der Waals surface area contributed by atoms with Crippen LogP contribution in [0.5, 0.6) is 0 Å². The van der Waals surface area contributed by atoms with Gasteiger partial charge in [0.1, 0.15) is 0 Å². The van der Waals surface area contributed by atoms with E-state index in [0.29, 0.717) is 0 Å². The molecule has 0 aliphatic carbocycles. The van der Waals surface area contributed by atoms with Crippen molar-refractivity contribution in [3.8, 4) is 0 Å². The molecule has 7 heteroatoms. The van der Waals surface area contributed by atoms with Gasteiger partial charge in [-0.05, 0) is 31.9 Å². The van der Waals surface area contributed by atoms with Crippen LogP contribution in [0.2, 0.25) is 0 Å². The second kappa shape index (κ2) is 14.1. The highest BCUT2D eigenvalue weighted by molar-refractivity contribution is 14.0. The topological polar surface area (TPSA) is 58.1 Å². The van der Waals surface area contributed by atoms with Crippen LogP contribution in [-0.4, -0.2) is 78.1 Å². The van der Waals surface area contributed by atoms with Crippen LogP contribution in [0.1, 0.15) is 24.8 Å². The SMILES string of the molecule is CN=C(NCCN(C)CCCOC)NCC1(c2ccccc2)CCOCC1.I. The number of guanidine groups is 1. The Morgan fingerprint density at radius 2 is 1.89 bits per heavy atom. The third kappa shape index (κ3) is 8.23. The Kier molecular flexibility index (Phi) is 12.7. The number of methoxy groups -OCH3 is 1. The van der Waals surface area contributed by atoms with E-state index < -0.39 is 0 Å². The lowest BCUT2D eigenvalue weighted by atomic mass is 9.74. The lowest BCUT2D eigenvalue weighted by Crippen LogP contribution is -2.49. The van der Waals surface area contributed by atoms with E-state index in [1.165, 1.54) is 5.56 Å². The number of hydrogen-bond donors (Lipinski definition) is 2. The molecule has 0 unspecified atom stereocenters. The molecule has 6 nitrogen and oxygen atoms in total. The summed E-state index contributed by atoms with van der Waals surface area (Å²) in [6, 6.07) is 10.8. The number of rotatable bonds is 10. The molecule has 1 aliphatic heterocycles. The summed E-state index contributed by atoms with van der Waals surface area (Å²) in [6.07, 6.45) is 3.12. The molecule has 0 aromatic heterocycles. The van der Waals surface area contributed by atoms with Gasteiger partial charge in [-0.1, -0.05) is 30.3 Å². The predicted octanol–water partition coefficient (Wildman–Crippen LogP) is 2.49. The Labute approximate surface area is 187 Å². The molecule has 2 N–H and O–H groups in total. The number of nitrogens with zero attached hydrogens (tertiary/aromatic N) is 2. The monoisotopic (exact) mass is 504 g/mol. The maximum absolute atomic E-state index is 5.62. The van der Waals surface area contributed by atoms with E-state index in [1.807, 2.05) is 7.05 Å². The normalized spacial score (nSPS) is 16.5. The fourth-order valence-electron chi connectivity index (χ4n) is 3.55. The average Bonchev–Trinajstić information content (AvgIpc) is 2.72. The van der Waals surface area contributed by atoms with Gasteiger partial charge in [-0.3, -0.25) is 4.99 Å². The molecule has 0 saturated carbocycles. The van der Waals surface area contributed by atoms with E-state index in [4.69, 9.17) is 9.47 Å². The molecule has 0 atom stereocenters. The third-order valence-corrected chi connectivity index (χ3v) is 5.33. The van der Waals surface area contributed by atoms with Gasteiger partial charge in [0.2, 0.25) is 0 Å². The van der Waals surface area contributed by atoms with Crippen molar-refractivity contribution in [2.75, 3.05) is 67.2 Å². The number of likely N-dealkylation sites (N-methyl/N-ethyl adjacent to an activating group) is 1. The van der Waals surface area contributed by atoms with Gasteiger partial charge >= 0.3 is 0 Å². The second-order valence-corrected chi connectivity index (χ2v) is 7.26. The molecule has 0 bridgehead atoms. The fourth-order valence-corrected chi connectivity index (χ4v) is 3.55. The smallest absolute Gasteiger partial charge is 0.191 e. The number of aliphatic imine (C=N–C) groups is 1. The van der Waals surface area contributed by atoms with Crippen molar-refractivity contribution in [3.05, 3.63) is 35.9 Å². The standard InChI is InChI=1S/C21H36N4O2.HI/c1-22-20(23-12-14-25(2)13-7-15-26-3)24-18-21(10-16-27-17-11-21)19-8-5-4-6-9-19;/h4-6,8-9H,7,10-18H2,1-3H3,(H2,22,23,24);1H. The summed E-state index contributed by atoms with van der Waals surface area (Å²) in [5.41, 5.74) is 1.49. The van der Waals surface area contributed by atoms with Crippen molar-refractivity contribution in [2.24, 2.45) is 4.99 Å². The molecule has 1 fully saturated rings. The van der Waals surface area contributed by atoms with Crippen LogP contribution in [0, 0.1) is 0 Å². The van der Waals surface area contributed by atoms with Gasteiger partial charge in [0.05, 0.1) is 0 Å². The number of halogens is 1. The van der Waals surface area contributed by atoms with E-state index in [9.17, 15) is 0 Å².